The van der Waals surface area contributed by atoms with Crippen LogP contribution in [0.1, 0.15) is 17.5 Å². The Morgan fingerprint density at radius 2 is 2.08 bits per heavy atom. The number of nitrogens with zero attached hydrogens (tertiary/aromatic N) is 3. The molecule has 0 spiro atoms. The van der Waals surface area contributed by atoms with Crippen molar-refractivity contribution in [3.05, 3.63) is 34.3 Å². The van der Waals surface area contributed by atoms with Crippen molar-refractivity contribution in [2.24, 2.45) is 0 Å². The zero-order chi connectivity index (χ0) is 17.3. The van der Waals surface area contributed by atoms with E-state index in [0.29, 0.717) is 23.4 Å². The molecule has 1 aromatic carbocycles. The number of aromatic hydroxyl groups is 1. The van der Waals surface area contributed by atoms with E-state index in [1.54, 1.807) is 30.7 Å². The number of ether oxygens (including phenoxy) is 1. The van der Waals surface area contributed by atoms with Gasteiger partial charge in [-0.05, 0) is 25.0 Å². The SMILES string of the molecule is CCc1cc(OC)cc(O)c1-c1nc(N)ncc1-c1csc(C)n1. The van der Waals surface area contributed by atoms with Crippen LogP contribution in [-0.4, -0.2) is 27.2 Å². The van der Waals surface area contributed by atoms with Crippen molar-refractivity contribution < 1.29 is 9.84 Å². The molecule has 0 amide bonds. The summed E-state index contributed by atoms with van der Waals surface area (Å²) < 4.78 is 5.24. The van der Waals surface area contributed by atoms with Gasteiger partial charge in [0.05, 0.1) is 23.5 Å². The first kappa shape index (κ1) is 16.2. The predicted octanol–water partition coefficient (Wildman–Crippen LogP) is 3.43. The van der Waals surface area contributed by atoms with Gasteiger partial charge in [0, 0.05) is 28.8 Å². The number of anilines is 1. The molecule has 0 fully saturated rings. The lowest BCUT2D eigenvalue weighted by atomic mass is 9.97. The van der Waals surface area contributed by atoms with Gasteiger partial charge in [0.25, 0.3) is 0 Å². The molecule has 3 N–H and O–H groups in total. The number of aromatic nitrogens is 3. The first-order valence-corrected chi connectivity index (χ1v) is 8.36. The van der Waals surface area contributed by atoms with Gasteiger partial charge >= 0.3 is 0 Å². The van der Waals surface area contributed by atoms with Crippen LogP contribution < -0.4 is 10.5 Å². The van der Waals surface area contributed by atoms with Crippen LogP contribution >= 0.6 is 11.3 Å². The van der Waals surface area contributed by atoms with E-state index in [-0.39, 0.29) is 11.7 Å². The lowest BCUT2D eigenvalue weighted by Gasteiger charge is -2.14. The molecule has 2 aromatic heterocycles. The normalized spacial score (nSPS) is 10.8. The molecule has 2 heterocycles. The molecule has 0 atom stereocenters. The third kappa shape index (κ3) is 2.90. The van der Waals surface area contributed by atoms with Crippen molar-refractivity contribution in [2.45, 2.75) is 20.3 Å². The van der Waals surface area contributed by atoms with Crippen LogP contribution in [0.4, 0.5) is 5.95 Å². The highest BCUT2D eigenvalue weighted by molar-refractivity contribution is 7.09. The zero-order valence-electron chi connectivity index (χ0n) is 13.7. The number of hydrogen-bond acceptors (Lipinski definition) is 7. The lowest BCUT2D eigenvalue weighted by molar-refractivity contribution is 0.407. The molecule has 3 aromatic rings. The molecule has 0 bridgehead atoms. The highest BCUT2D eigenvalue weighted by Crippen LogP contribution is 2.40. The molecule has 6 nitrogen and oxygen atoms in total. The number of thiazole rings is 1. The first-order valence-electron chi connectivity index (χ1n) is 7.48. The van der Waals surface area contributed by atoms with Gasteiger partial charge < -0.3 is 15.6 Å². The number of nitrogen functional groups attached to an aromatic ring is 1. The number of hydrogen-bond donors (Lipinski definition) is 2. The van der Waals surface area contributed by atoms with Gasteiger partial charge in [-0.25, -0.2) is 15.0 Å². The van der Waals surface area contributed by atoms with Crippen molar-refractivity contribution in [3.63, 3.8) is 0 Å². The van der Waals surface area contributed by atoms with Gasteiger partial charge in [-0.1, -0.05) is 6.92 Å². The number of nitrogens with two attached hydrogens (primary N) is 1. The minimum absolute atomic E-state index is 0.0949. The highest BCUT2D eigenvalue weighted by atomic mass is 32.1. The van der Waals surface area contributed by atoms with E-state index in [1.165, 1.54) is 0 Å². The van der Waals surface area contributed by atoms with Crippen molar-refractivity contribution >= 4 is 17.3 Å². The van der Waals surface area contributed by atoms with Crippen LogP contribution in [-0.2, 0) is 6.42 Å². The van der Waals surface area contributed by atoms with Crippen molar-refractivity contribution in [2.75, 3.05) is 12.8 Å². The Morgan fingerprint density at radius 1 is 1.29 bits per heavy atom. The number of phenols is 1. The minimum atomic E-state index is 0.0949. The van der Waals surface area contributed by atoms with Gasteiger partial charge in [0.15, 0.2) is 0 Å². The largest absolute Gasteiger partial charge is 0.507 e. The maximum atomic E-state index is 10.6. The second-order valence-electron chi connectivity index (χ2n) is 5.28. The van der Waals surface area contributed by atoms with E-state index in [9.17, 15) is 5.11 Å². The number of aryl methyl sites for hydroxylation is 2. The molecule has 24 heavy (non-hydrogen) atoms. The van der Waals surface area contributed by atoms with Gasteiger partial charge in [-0.15, -0.1) is 11.3 Å². The summed E-state index contributed by atoms with van der Waals surface area (Å²) in [5.74, 6) is 0.844. The maximum Gasteiger partial charge on any atom is 0.220 e. The second kappa shape index (κ2) is 6.45. The summed E-state index contributed by atoms with van der Waals surface area (Å²) in [5, 5.41) is 13.4. The van der Waals surface area contributed by atoms with E-state index in [0.717, 1.165) is 21.8 Å². The second-order valence-corrected chi connectivity index (χ2v) is 6.34. The summed E-state index contributed by atoms with van der Waals surface area (Å²) in [6.45, 7) is 3.95. The fourth-order valence-electron chi connectivity index (χ4n) is 2.59. The number of methoxy groups -OCH3 is 1. The molecular weight excluding hydrogens is 324 g/mol. The number of benzene rings is 1. The van der Waals surface area contributed by atoms with Crippen molar-refractivity contribution in [3.8, 4) is 34.0 Å². The predicted molar refractivity (Wildman–Crippen MR) is 95.3 cm³/mol. The van der Waals surface area contributed by atoms with Crippen molar-refractivity contribution in [1.82, 2.24) is 15.0 Å². The molecule has 124 valence electrons. The van der Waals surface area contributed by atoms with Crippen LogP contribution in [0.15, 0.2) is 23.7 Å². The Hall–Kier alpha value is -2.67. The Labute approximate surface area is 144 Å². The summed E-state index contributed by atoms with van der Waals surface area (Å²) >= 11 is 1.55. The maximum absolute atomic E-state index is 10.6. The van der Waals surface area contributed by atoms with Gasteiger partial charge in [-0.3, -0.25) is 0 Å². The quantitative estimate of drug-likeness (QED) is 0.754. The fraction of sp³-hybridized carbons (Fsp3) is 0.235. The Bertz CT molecular complexity index is 892. The average Bonchev–Trinajstić information content (AvgIpc) is 3.00. The Morgan fingerprint density at radius 3 is 2.71 bits per heavy atom. The molecule has 0 aliphatic carbocycles. The van der Waals surface area contributed by atoms with E-state index in [1.807, 2.05) is 25.3 Å². The van der Waals surface area contributed by atoms with Crippen LogP contribution in [0.25, 0.3) is 22.5 Å². The molecular formula is C17H18N4O2S. The third-order valence-electron chi connectivity index (χ3n) is 3.73. The van der Waals surface area contributed by atoms with Crippen LogP contribution in [0.2, 0.25) is 0 Å². The lowest BCUT2D eigenvalue weighted by Crippen LogP contribution is -2.01. The molecule has 0 aliphatic heterocycles. The summed E-state index contributed by atoms with van der Waals surface area (Å²) in [6.07, 6.45) is 2.36. The molecule has 3 rings (SSSR count). The molecule has 0 aliphatic rings. The molecule has 0 saturated carbocycles. The van der Waals surface area contributed by atoms with E-state index in [2.05, 4.69) is 15.0 Å². The Kier molecular flexibility index (Phi) is 4.35. The van der Waals surface area contributed by atoms with Crippen LogP contribution in [0.5, 0.6) is 11.5 Å². The van der Waals surface area contributed by atoms with E-state index in [4.69, 9.17) is 10.5 Å². The topological polar surface area (TPSA) is 94.2 Å². The highest BCUT2D eigenvalue weighted by Gasteiger charge is 2.20. The molecule has 7 heteroatoms. The minimum Gasteiger partial charge on any atom is -0.507 e. The van der Waals surface area contributed by atoms with E-state index < -0.39 is 0 Å². The number of rotatable bonds is 4. The monoisotopic (exact) mass is 342 g/mol. The van der Waals surface area contributed by atoms with Gasteiger partial charge in [-0.2, -0.15) is 0 Å². The Balaban J connectivity index is 2.28. The standard InChI is InChI=1S/C17H18N4O2S/c1-4-10-5-11(23-3)6-14(22)15(10)16-12(7-19-17(18)21-16)13-8-24-9(2)20-13/h5-8,22H,4H2,1-3H3,(H2,18,19,21). The van der Waals surface area contributed by atoms with Crippen LogP contribution in [0, 0.1) is 6.92 Å². The van der Waals surface area contributed by atoms with Crippen LogP contribution in [0.3, 0.4) is 0 Å². The average molecular weight is 342 g/mol. The van der Waals surface area contributed by atoms with Crippen molar-refractivity contribution in [1.29, 1.82) is 0 Å². The summed E-state index contributed by atoms with van der Waals surface area (Å²) in [4.78, 5) is 13.0. The molecule has 0 unspecified atom stereocenters. The summed E-state index contributed by atoms with van der Waals surface area (Å²) in [6, 6.07) is 3.46. The zero-order valence-corrected chi connectivity index (χ0v) is 14.5. The van der Waals surface area contributed by atoms with E-state index >= 15 is 0 Å². The number of phenolic OH excluding ortho intramolecular Hbond substituents is 1. The smallest absolute Gasteiger partial charge is 0.220 e. The summed E-state index contributed by atoms with van der Waals surface area (Å²) in [5.41, 5.74) is 9.43. The van der Waals surface area contributed by atoms with Gasteiger partial charge in [0.1, 0.15) is 11.5 Å². The molecule has 0 radical (unpaired) electrons. The first-order chi connectivity index (χ1) is 11.5. The third-order valence-corrected chi connectivity index (χ3v) is 4.50. The van der Waals surface area contributed by atoms with Gasteiger partial charge in [0.2, 0.25) is 5.95 Å². The fourth-order valence-corrected chi connectivity index (χ4v) is 3.20. The summed E-state index contributed by atoms with van der Waals surface area (Å²) in [7, 11) is 1.57. The molecule has 0 saturated heterocycles.